The van der Waals surface area contributed by atoms with Crippen molar-refractivity contribution in [2.75, 3.05) is 45.6 Å². The normalized spacial score (nSPS) is 16.2. The third-order valence-corrected chi connectivity index (χ3v) is 8.26. The van der Waals surface area contributed by atoms with E-state index in [9.17, 15) is 26.0 Å². The van der Waals surface area contributed by atoms with Crippen LogP contribution in [-0.2, 0) is 20.0 Å². The lowest BCUT2D eigenvalue weighted by Crippen LogP contribution is -2.47. The number of hydrogen-bond acceptors (Lipinski definition) is 6. The predicted octanol–water partition coefficient (Wildman–Crippen LogP) is 0.922. The van der Waals surface area contributed by atoms with Gasteiger partial charge < -0.3 is 10.2 Å². The number of nitrogens with one attached hydrogen (secondary N) is 2. The molecule has 0 aromatic heterocycles. The summed E-state index contributed by atoms with van der Waals surface area (Å²) in [5, 5.41) is 2.43. The Labute approximate surface area is 181 Å². The molecule has 0 aliphatic carbocycles. The summed E-state index contributed by atoms with van der Waals surface area (Å²) in [6.07, 6.45) is 0. The van der Waals surface area contributed by atoms with Gasteiger partial charge in [-0.25, -0.2) is 25.9 Å². The fraction of sp³-hybridized carbons (Fsp3) is 0.316. The van der Waals surface area contributed by atoms with E-state index in [1.54, 1.807) is 0 Å². The van der Waals surface area contributed by atoms with Gasteiger partial charge in [0.15, 0.2) is 0 Å². The van der Waals surface area contributed by atoms with Crippen LogP contribution >= 0.6 is 0 Å². The summed E-state index contributed by atoms with van der Waals surface area (Å²) < 4.78 is 67.3. The fourth-order valence-corrected chi connectivity index (χ4v) is 5.30. The van der Waals surface area contributed by atoms with E-state index in [1.165, 1.54) is 35.6 Å². The lowest BCUT2D eigenvalue weighted by atomic mass is 10.2. The topological polar surface area (TPSA) is 116 Å². The third-order valence-electron chi connectivity index (χ3n) is 4.95. The van der Waals surface area contributed by atoms with Gasteiger partial charge in [0.1, 0.15) is 5.82 Å². The highest BCUT2D eigenvalue weighted by molar-refractivity contribution is 7.89. The van der Waals surface area contributed by atoms with E-state index >= 15 is 0 Å². The number of anilines is 1. The molecule has 0 unspecified atom stereocenters. The summed E-state index contributed by atoms with van der Waals surface area (Å²) in [5.41, 5.74) is -0.342. The smallest absolute Gasteiger partial charge is 0.258 e. The Bertz CT molecular complexity index is 1190. The van der Waals surface area contributed by atoms with Crippen LogP contribution in [0.4, 0.5) is 10.1 Å². The Kier molecular flexibility index (Phi) is 6.76. The van der Waals surface area contributed by atoms with Crippen molar-refractivity contribution in [1.29, 1.82) is 0 Å². The molecular formula is C19H23FN4O5S2. The van der Waals surface area contributed by atoms with E-state index in [4.69, 9.17) is 0 Å². The first-order valence-electron chi connectivity index (χ1n) is 9.38. The van der Waals surface area contributed by atoms with Gasteiger partial charge in [0, 0.05) is 31.9 Å². The summed E-state index contributed by atoms with van der Waals surface area (Å²) in [6, 6.07) is 8.49. The summed E-state index contributed by atoms with van der Waals surface area (Å²) in [7, 11) is -4.51. The Morgan fingerprint density at radius 3 is 2.29 bits per heavy atom. The second kappa shape index (κ2) is 9.01. The third kappa shape index (κ3) is 5.10. The van der Waals surface area contributed by atoms with Crippen molar-refractivity contribution in [2.45, 2.75) is 9.79 Å². The van der Waals surface area contributed by atoms with Crippen molar-refractivity contribution in [2.24, 2.45) is 0 Å². The zero-order valence-electron chi connectivity index (χ0n) is 17.0. The zero-order valence-corrected chi connectivity index (χ0v) is 18.6. The summed E-state index contributed by atoms with van der Waals surface area (Å²) in [5.74, 6) is -1.81. The number of carbonyl (C=O) groups is 1. The molecule has 2 aromatic rings. The molecule has 31 heavy (non-hydrogen) atoms. The highest BCUT2D eigenvalue weighted by atomic mass is 32.2. The van der Waals surface area contributed by atoms with Gasteiger partial charge in [0.2, 0.25) is 20.0 Å². The molecule has 168 valence electrons. The van der Waals surface area contributed by atoms with Crippen LogP contribution in [0.15, 0.2) is 52.3 Å². The molecular weight excluding hydrogens is 447 g/mol. The summed E-state index contributed by atoms with van der Waals surface area (Å²) in [6.45, 7) is 1.93. The maximum Gasteiger partial charge on any atom is 0.258 e. The van der Waals surface area contributed by atoms with Crippen LogP contribution in [0.3, 0.4) is 0 Å². The first kappa shape index (κ1) is 23.3. The molecule has 0 saturated carbocycles. The molecule has 3 rings (SSSR count). The number of sulfonamides is 2. The zero-order chi connectivity index (χ0) is 22.8. The van der Waals surface area contributed by atoms with E-state index in [-0.39, 0.29) is 15.5 Å². The van der Waals surface area contributed by atoms with Gasteiger partial charge in [0.25, 0.3) is 5.91 Å². The number of likely N-dealkylation sites (N-methyl/N-ethyl adjacent to an activating group) is 1. The molecule has 1 fully saturated rings. The van der Waals surface area contributed by atoms with Crippen LogP contribution in [0.1, 0.15) is 10.4 Å². The highest BCUT2D eigenvalue weighted by Crippen LogP contribution is 2.22. The lowest BCUT2D eigenvalue weighted by Gasteiger charge is -2.31. The average molecular weight is 471 g/mol. The first-order valence-corrected chi connectivity index (χ1v) is 12.3. The molecule has 0 spiro atoms. The van der Waals surface area contributed by atoms with Gasteiger partial charge in [-0.15, -0.1) is 0 Å². The number of piperazine rings is 1. The number of halogens is 1. The van der Waals surface area contributed by atoms with Crippen molar-refractivity contribution in [3.05, 3.63) is 53.8 Å². The van der Waals surface area contributed by atoms with Crippen molar-refractivity contribution in [3.63, 3.8) is 0 Å². The predicted molar refractivity (Wildman–Crippen MR) is 113 cm³/mol. The molecule has 1 aliphatic rings. The van der Waals surface area contributed by atoms with Gasteiger partial charge >= 0.3 is 0 Å². The van der Waals surface area contributed by atoms with Crippen molar-refractivity contribution in [1.82, 2.24) is 13.9 Å². The maximum atomic E-state index is 14.2. The van der Waals surface area contributed by atoms with Gasteiger partial charge in [-0.1, -0.05) is 6.07 Å². The molecule has 0 bridgehead atoms. The van der Waals surface area contributed by atoms with E-state index in [1.807, 2.05) is 11.9 Å². The quantitative estimate of drug-likeness (QED) is 0.649. The molecule has 9 nitrogen and oxygen atoms in total. The minimum Gasteiger partial charge on any atom is -0.322 e. The standard InChI is InChI=1S/C19H23FN4O5S2/c1-21-30(26,27)15-6-7-18(20)17(13-15)19(25)22-14-4-3-5-16(12-14)31(28,29)24-10-8-23(2)9-11-24/h3-7,12-13,21H,8-11H2,1-2H3,(H,22,25). The average Bonchev–Trinajstić information content (AvgIpc) is 2.74. The van der Waals surface area contributed by atoms with E-state index in [0.29, 0.717) is 26.2 Å². The number of nitrogens with zero attached hydrogens (tertiary/aromatic N) is 2. The number of amides is 1. The molecule has 2 N–H and O–H groups in total. The summed E-state index contributed by atoms with van der Waals surface area (Å²) >= 11 is 0. The number of rotatable bonds is 6. The van der Waals surface area contributed by atoms with Gasteiger partial charge in [-0.2, -0.15) is 4.31 Å². The van der Waals surface area contributed by atoms with E-state index < -0.39 is 37.3 Å². The fourth-order valence-electron chi connectivity index (χ4n) is 3.07. The van der Waals surface area contributed by atoms with Crippen LogP contribution in [-0.4, -0.2) is 72.2 Å². The second-order valence-electron chi connectivity index (χ2n) is 7.04. The Morgan fingerprint density at radius 1 is 0.968 bits per heavy atom. The highest BCUT2D eigenvalue weighted by Gasteiger charge is 2.28. The minimum atomic E-state index is -3.87. The molecule has 2 aromatic carbocycles. The molecule has 1 heterocycles. The minimum absolute atomic E-state index is 0.00170. The van der Waals surface area contributed by atoms with E-state index in [0.717, 1.165) is 18.2 Å². The first-order chi connectivity index (χ1) is 14.5. The Hall–Kier alpha value is -2.38. The molecule has 1 aliphatic heterocycles. The van der Waals surface area contributed by atoms with Gasteiger partial charge in [0.05, 0.1) is 15.4 Å². The molecule has 0 atom stereocenters. The molecule has 1 saturated heterocycles. The van der Waals surface area contributed by atoms with Crippen LogP contribution < -0.4 is 10.0 Å². The molecule has 1 amide bonds. The monoisotopic (exact) mass is 470 g/mol. The number of hydrogen-bond donors (Lipinski definition) is 2. The molecule has 0 radical (unpaired) electrons. The summed E-state index contributed by atoms with van der Waals surface area (Å²) in [4.78, 5) is 14.3. The largest absolute Gasteiger partial charge is 0.322 e. The second-order valence-corrected chi connectivity index (χ2v) is 10.9. The molecule has 12 heteroatoms. The SMILES string of the molecule is CNS(=O)(=O)c1ccc(F)c(C(=O)Nc2cccc(S(=O)(=O)N3CCN(C)CC3)c2)c1. The van der Waals surface area contributed by atoms with Gasteiger partial charge in [-0.3, -0.25) is 4.79 Å². The van der Waals surface area contributed by atoms with Crippen LogP contribution in [0.2, 0.25) is 0 Å². The number of carbonyl (C=O) groups excluding carboxylic acids is 1. The van der Waals surface area contributed by atoms with Crippen LogP contribution in [0.5, 0.6) is 0 Å². The number of benzene rings is 2. The van der Waals surface area contributed by atoms with Crippen LogP contribution in [0.25, 0.3) is 0 Å². The van der Waals surface area contributed by atoms with Gasteiger partial charge in [-0.05, 0) is 50.5 Å². The van der Waals surface area contributed by atoms with E-state index in [2.05, 4.69) is 10.0 Å². The van der Waals surface area contributed by atoms with Crippen LogP contribution in [0, 0.1) is 5.82 Å². The van der Waals surface area contributed by atoms with Crippen molar-refractivity contribution in [3.8, 4) is 0 Å². The van der Waals surface area contributed by atoms with Crippen molar-refractivity contribution < 1.29 is 26.0 Å². The Morgan fingerprint density at radius 2 is 1.65 bits per heavy atom. The lowest BCUT2D eigenvalue weighted by molar-refractivity contribution is 0.102. The van der Waals surface area contributed by atoms with Crippen molar-refractivity contribution >= 4 is 31.6 Å². The Balaban J connectivity index is 1.85. The maximum absolute atomic E-state index is 14.2.